The van der Waals surface area contributed by atoms with Crippen LogP contribution in [0.15, 0.2) is 12.1 Å². The van der Waals surface area contributed by atoms with Crippen LogP contribution in [0.5, 0.6) is 0 Å². The van der Waals surface area contributed by atoms with Crippen LogP contribution in [0, 0.1) is 11.8 Å². The van der Waals surface area contributed by atoms with E-state index in [4.69, 9.17) is 0 Å². The molecule has 1 aromatic rings. The van der Waals surface area contributed by atoms with Gasteiger partial charge in [-0.15, -0.1) is 5.10 Å². The maximum atomic E-state index is 4.32. The number of anilines is 1. The first-order valence-electron chi connectivity index (χ1n) is 6.78. The van der Waals surface area contributed by atoms with Gasteiger partial charge in [0.2, 0.25) is 0 Å². The Bertz CT molecular complexity index is 337. The van der Waals surface area contributed by atoms with Gasteiger partial charge < -0.3 is 4.90 Å². The van der Waals surface area contributed by atoms with Gasteiger partial charge in [0, 0.05) is 13.1 Å². The molecule has 0 bridgehead atoms. The van der Waals surface area contributed by atoms with Crippen LogP contribution >= 0.6 is 0 Å². The van der Waals surface area contributed by atoms with Gasteiger partial charge in [-0.1, -0.05) is 20.8 Å². The van der Waals surface area contributed by atoms with Crippen molar-refractivity contribution in [2.24, 2.45) is 11.8 Å². The van der Waals surface area contributed by atoms with Crippen LogP contribution < -0.4 is 4.90 Å². The van der Waals surface area contributed by atoms with Crippen molar-refractivity contribution in [1.82, 2.24) is 10.2 Å². The molecule has 17 heavy (non-hydrogen) atoms. The lowest BCUT2D eigenvalue weighted by Crippen LogP contribution is -2.35. The molecule has 0 spiro atoms. The molecular weight excluding hydrogens is 210 g/mol. The van der Waals surface area contributed by atoms with E-state index in [0.717, 1.165) is 42.9 Å². The minimum absolute atomic E-state index is 0.811. The smallest absolute Gasteiger partial charge is 0.151 e. The molecule has 1 aliphatic rings. The van der Waals surface area contributed by atoms with Crippen molar-refractivity contribution in [3.63, 3.8) is 0 Å². The van der Waals surface area contributed by atoms with Crippen molar-refractivity contribution < 1.29 is 0 Å². The summed E-state index contributed by atoms with van der Waals surface area (Å²) < 4.78 is 0. The van der Waals surface area contributed by atoms with Crippen LogP contribution in [0.3, 0.4) is 0 Å². The average molecular weight is 233 g/mol. The van der Waals surface area contributed by atoms with Gasteiger partial charge >= 0.3 is 0 Å². The standard InChI is InChI=1S/C14H23N3/c1-4-13-5-6-14(16-15-13)17-9-7-12(8-10-17)11(2)3/h5-6,11-12H,4,7-10H2,1-3H3. The highest BCUT2D eigenvalue weighted by molar-refractivity contribution is 5.37. The van der Waals surface area contributed by atoms with E-state index < -0.39 is 0 Å². The molecule has 1 saturated heterocycles. The molecule has 0 atom stereocenters. The highest BCUT2D eigenvalue weighted by Gasteiger charge is 2.22. The van der Waals surface area contributed by atoms with E-state index in [2.05, 4.69) is 48.0 Å². The van der Waals surface area contributed by atoms with E-state index in [1.165, 1.54) is 12.8 Å². The zero-order chi connectivity index (χ0) is 12.3. The number of nitrogens with zero attached hydrogens (tertiary/aromatic N) is 3. The third-order valence-electron chi connectivity index (χ3n) is 3.87. The summed E-state index contributed by atoms with van der Waals surface area (Å²) in [6.45, 7) is 9.02. The zero-order valence-electron chi connectivity index (χ0n) is 11.2. The lowest BCUT2D eigenvalue weighted by Gasteiger charge is -2.34. The zero-order valence-corrected chi connectivity index (χ0v) is 11.2. The van der Waals surface area contributed by atoms with Crippen molar-refractivity contribution in [1.29, 1.82) is 0 Å². The van der Waals surface area contributed by atoms with Crippen LogP contribution in [-0.2, 0) is 6.42 Å². The first-order valence-corrected chi connectivity index (χ1v) is 6.78. The first kappa shape index (κ1) is 12.3. The van der Waals surface area contributed by atoms with Gasteiger partial charge in [-0.05, 0) is 43.2 Å². The van der Waals surface area contributed by atoms with E-state index in [1.54, 1.807) is 0 Å². The number of aryl methyl sites for hydroxylation is 1. The van der Waals surface area contributed by atoms with Crippen LogP contribution in [0.4, 0.5) is 5.82 Å². The predicted octanol–water partition coefficient (Wildman–Crippen LogP) is 2.91. The average Bonchev–Trinajstić information content (AvgIpc) is 2.39. The largest absolute Gasteiger partial charge is 0.355 e. The van der Waals surface area contributed by atoms with E-state index in [1.807, 2.05) is 0 Å². The Kier molecular flexibility index (Phi) is 3.97. The monoisotopic (exact) mass is 233 g/mol. The number of hydrogen-bond acceptors (Lipinski definition) is 3. The highest BCUT2D eigenvalue weighted by Crippen LogP contribution is 2.26. The lowest BCUT2D eigenvalue weighted by atomic mass is 9.87. The molecular formula is C14H23N3. The first-order chi connectivity index (χ1) is 8.20. The summed E-state index contributed by atoms with van der Waals surface area (Å²) in [5, 5.41) is 8.55. The molecule has 2 heterocycles. The van der Waals surface area contributed by atoms with Crippen LogP contribution in [0.1, 0.15) is 39.3 Å². The Hall–Kier alpha value is -1.12. The fraction of sp³-hybridized carbons (Fsp3) is 0.714. The molecule has 94 valence electrons. The maximum Gasteiger partial charge on any atom is 0.151 e. The molecule has 0 amide bonds. The van der Waals surface area contributed by atoms with E-state index in [-0.39, 0.29) is 0 Å². The fourth-order valence-electron chi connectivity index (χ4n) is 2.51. The summed E-state index contributed by atoms with van der Waals surface area (Å²) in [5.74, 6) is 2.74. The molecule has 0 radical (unpaired) electrons. The van der Waals surface area contributed by atoms with Gasteiger partial charge in [-0.25, -0.2) is 0 Å². The van der Waals surface area contributed by atoms with Gasteiger partial charge in [0.15, 0.2) is 5.82 Å². The molecule has 0 aromatic carbocycles. The molecule has 3 nitrogen and oxygen atoms in total. The Balaban J connectivity index is 1.95. The highest BCUT2D eigenvalue weighted by atomic mass is 15.3. The maximum absolute atomic E-state index is 4.32. The van der Waals surface area contributed by atoms with Crippen molar-refractivity contribution in [2.45, 2.75) is 40.0 Å². The molecule has 1 aromatic heterocycles. The molecule has 0 saturated carbocycles. The summed E-state index contributed by atoms with van der Waals surface area (Å²) in [7, 11) is 0. The van der Waals surface area contributed by atoms with Crippen molar-refractivity contribution >= 4 is 5.82 Å². The molecule has 3 heteroatoms. The summed E-state index contributed by atoms with van der Waals surface area (Å²) in [5.41, 5.74) is 1.07. The molecule has 1 fully saturated rings. The molecule has 0 N–H and O–H groups in total. The van der Waals surface area contributed by atoms with Crippen molar-refractivity contribution in [3.8, 4) is 0 Å². The third-order valence-corrected chi connectivity index (χ3v) is 3.87. The third kappa shape index (κ3) is 2.96. The van der Waals surface area contributed by atoms with Gasteiger partial charge in [0.1, 0.15) is 0 Å². The second-order valence-electron chi connectivity index (χ2n) is 5.30. The van der Waals surface area contributed by atoms with E-state index >= 15 is 0 Å². The van der Waals surface area contributed by atoms with E-state index in [9.17, 15) is 0 Å². The minimum atomic E-state index is 0.811. The molecule has 0 aliphatic carbocycles. The molecule has 2 rings (SSSR count). The Morgan fingerprint density at radius 3 is 2.41 bits per heavy atom. The summed E-state index contributed by atoms with van der Waals surface area (Å²) >= 11 is 0. The number of piperidine rings is 1. The number of aromatic nitrogens is 2. The quantitative estimate of drug-likeness (QED) is 0.804. The summed E-state index contributed by atoms with van der Waals surface area (Å²) in [6.07, 6.45) is 3.53. The fourth-order valence-corrected chi connectivity index (χ4v) is 2.51. The second-order valence-corrected chi connectivity index (χ2v) is 5.30. The predicted molar refractivity (Wildman–Crippen MR) is 71.2 cm³/mol. The van der Waals surface area contributed by atoms with Crippen LogP contribution in [0.25, 0.3) is 0 Å². The normalized spacial score (nSPS) is 17.8. The van der Waals surface area contributed by atoms with Crippen molar-refractivity contribution in [2.75, 3.05) is 18.0 Å². The van der Waals surface area contributed by atoms with Crippen molar-refractivity contribution in [3.05, 3.63) is 17.8 Å². The summed E-state index contributed by atoms with van der Waals surface area (Å²) in [6, 6.07) is 4.21. The van der Waals surface area contributed by atoms with E-state index in [0.29, 0.717) is 0 Å². The molecule has 1 aliphatic heterocycles. The Morgan fingerprint density at radius 2 is 1.94 bits per heavy atom. The second kappa shape index (κ2) is 5.48. The SMILES string of the molecule is CCc1ccc(N2CCC(C(C)C)CC2)nn1. The number of hydrogen-bond donors (Lipinski definition) is 0. The topological polar surface area (TPSA) is 29.0 Å². The summed E-state index contributed by atoms with van der Waals surface area (Å²) in [4.78, 5) is 2.37. The molecule has 0 unspecified atom stereocenters. The van der Waals surface area contributed by atoms with Gasteiger partial charge in [-0.2, -0.15) is 5.10 Å². The van der Waals surface area contributed by atoms with Crippen LogP contribution in [-0.4, -0.2) is 23.3 Å². The van der Waals surface area contributed by atoms with Gasteiger partial charge in [0.05, 0.1) is 5.69 Å². The Labute approximate surface area is 104 Å². The lowest BCUT2D eigenvalue weighted by molar-refractivity contribution is 0.310. The van der Waals surface area contributed by atoms with Crippen LogP contribution in [0.2, 0.25) is 0 Å². The van der Waals surface area contributed by atoms with Gasteiger partial charge in [0.25, 0.3) is 0 Å². The number of rotatable bonds is 3. The minimum Gasteiger partial charge on any atom is -0.355 e. The van der Waals surface area contributed by atoms with Gasteiger partial charge in [-0.3, -0.25) is 0 Å². The Morgan fingerprint density at radius 1 is 1.24 bits per heavy atom.